The summed E-state index contributed by atoms with van der Waals surface area (Å²) in [5.41, 5.74) is 3.24. The normalized spacial score (nSPS) is 10.7. The Morgan fingerprint density at radius 1 is 1.32 bits per heavy atom. The van der Waals surface area contributed by atoms with Gasteiger partial charge in [-0.25, -0.2) is 5.43 Å². The van der Waals surface area contributed by atoms with E-state index in [-0.39, 0.29) is 17.3 Å². The Hall–Kier alpha value is -2.64. The fourth-order valence-corrected chi connectivity index (χ4v) is 2.26. The molecule has 2 rings (SSSR count). The number of hydrogen-bond donors (Lipinski definition) is 1. The average Bonchev–Trinajstić information content (AvgIpc) is 2.55. The lowest BCUT2D eigenvalue weighted by Gasteiger charge is -2.08. The number of non-ortho nitro benzene ring substituents is 1. The van der Waals surface area contributed by atoms with Crippen molar-refractivity contribution >= 4 is 41.0 Å². The lowest BCUT2D eigenvalue weighted by Crippen LogP contribution is -2.24. The molecule has 1 N–H and O–H groups in total. The first-order valence-electron chi connectivity index (χ1n) is 7.01. The first-order valence-corrected chi connectivity index (χ1v) is 7.77. The number of carbonyl (C=O) groups excluding carboxylic acids is 1. The Kier molecular flexibility index (Phi) is 6.32. The van der Waals surface area contributed by atoms with Gasteiger partial charge in [0.2, 0.25) is 0 Å². The van der Waals surface area contributed by atoms with Gasteiger partial charge in [0.15, 0.2) is 6.61 Å². The van der Waals surface area contributed by atoms with Gasteiger partial charge < -0.3 is 4.74 Å². The Labute approximate surface area is 153 Å². The monoisotopic (exact) mass is 381 g/mol. The number of amides is 1. The molecule has 0 aliphatic carbocycles. The maximum absolute atomic E-state index is 11.7. The van der Waals surface area contributed by atoms with Gasteiger partial charge in [-0.2, -0.15) is 5.10 Å². The van der Waals surface area contributed by atoms with E-state index in [2.05, 4.69) is 10.5 Å². The van der Waals surface area contributed by atoms with Crippen molar-refractivity contribution in [2.75, 3.05) is 6.61 Å². The number of halogens is 2. The summed E-state index contributed by atoms with van der Waals surface area (Å²) >= 11 is 11.8. The van der Waals surface area contributed by atoms with Gasteiger partial charge in [0, 0.05) is 27.7 Å². The van der Waals surface area contributed by atoms with Crippen LogP contribution in [0.2, 0.25) is 10.0 Å². The summed E-state index contributed by atoms with van der Waals surface area (Å²) in [5.74, 6) is 0.0393. The molecule has 7 nitrogen and oxygen atoms in total. The number of hydrogen-bond acceptors (Lipinski definition) is 5. The molecule has 130 valence electrons. The van der Waals surface area contributed by atoms with E-state index in [0.29, 0.717) is 16.3 Å². The van der Waals surface area contributed by atoms with Crippen LogP contribution >= 0.6 is 23.2 Å². The Morgan fingerprint density at radius 3 is 2.76 bits per heavy atom. The quantitative estimate of drug-likeness (QED) is 0.468. The largest absolute Gasteiger partial charge is 0.483 e. The maximum atomic E-state index is 11.7. The summed E-state index contributed by atoms with van der Waals surface area (Å²) in [6, 6.07) is 8.96. The van der Waals surface area contributed by atoms with E-state index in [1.165, 1.54) is 24.4 Å². The van der Waals surface area contributed by atoms with Crippen molar-refractivity contribution in [3.63, 3.8) is 0 Å². The predicted octanol–water partition coefficient (Wildman–Crippen LogP) is 3.74. The topological polar surface area (TPSA) is 93.8 Å². The average molecular weight is 382 g/mol. The fourth-order valence-electron chi connectivity index (χ4n) is 1.87. The molecule has 0 aromatic heterocycles. The van der Waals surface area contributed by atoms with E-state index < -0.39 is 10.8 Å². The number of benzene rings is 2. The minimum atomic E-state index is -0.547. The molecular weight excluding hydrogens is 369 g/mol. The van der Waals surface area contributed by atoms with Crippen LogP contribution in [0.4, 0.5) is 5.69 Å². The van der Waals surface area contributed by atoms with Crippen molar-refractivity contribution in [2.24, 2.45) is 5.10 Å². The zero-order chi connectivity index (χ0) is 18.4. The second kappa shape index (κ2) is 8.46. The molecule has 0 saturated heterocycles. The van der Waals surface area contributed by atoms with Crippen LogP contribution in [0.25, 0.3) is 0 Å². The van der Waals surface area contributed by atoms with Gasteiger partial charge in [-0.1, -0.05) is 23.2 Å². The summed E-state index contributed by atoms with van der Waals surface area (Å²) in [5, 5.41) is 15.3. The van der Waals surface area contributed by atoms with Crippen molar-refractivity contribution < 1.29 is 14.5 Å². The molecule has 9 heteroatoms. The second-order valence-corrected chi connectivity index (χ2v) is 5.80. The number of aryl methyl sites for hydroxylation is 1. The number of ether oxygens (including phenoxy) is 1. The van der Waals surface area contributed by atoms with E-state index in [1.54, 1.807) is 18.2 Å². The standard InChI is InChI=1S/C16H13Cl2N3O4/c1-10-6-12(17)2-5-15(10)25-9-16(22)20-19-8-11-7-13(21(23)24)3-4-14(11)18/h2-8H,9H2,1H3,(H,20,22). The number of nitrogens with zero attached hydrogens (tertiary/aromatic N) is 2. The molecule has 2 aromatic rings. The molecule has 25 heavy (non-hydrogen) atoms. The lowest BCUT2D eigenvalue weighted by molar-refractivity contribution is -0.384. The summed E-state index contributed by atoms with van der Waals surface area (Å²) in [7, 11) is 0. The van der Waals surface area contributed by atoms with Crippen LogP contribution in [0, 0.1) is 17.0 Å². The predicted molar refractivity (Wildman–Crippen MR) is 95.5 cm³/mol. The number of nitrogens with one attached hydrogen (secondary N) is 1. The molecule has 0 unspecified atom stereocenters. The van der Waals surface area contributed by atoms with Gasteiger partial charge in [-0.05, 0) is 36.8 Å². The fraction of sp³-hybridized carbons (Fsp3) is 0.125. The smallest absolute Gasteiger partial charge is 0.277 e. The molecule has 0 saturated carbocycles. The molecule has 2 aromatic carbocycles. The summed E-state index contributed by atoms with van der Waals surface area (Å²) < 4.78 is 5.37. The van der Waals surface area contributed by atoms with Crippen molar-refractivity contribution in [3.05, 3.63) is 67.7 Å². The van der Waals surface area contributed by atoms with Crippen molar-refractivity contribution in [3.8, 4) is 5.75 Å². The lowest BCUT2D eigenvalue weighted by atomic mass is 10.2. The van der Waals surface area contributed by atoms with Crippen molar-refractivity contribution in [2.45, 2.75) is 6.92 Å². The van der Waals surface area contributed by atoms with Gasteiger partial charge in [0.1, 0.15) is 5.75 Å². The van der Waals surface area contributed by atoms with Crippen LogP contribution < -0.4 is 10.2 Å². The molecule has 0 heterocycles. The second-order valence-electron chi connectivity index (χ2n) is 4.95. The number of nitro groups is 1. The molecule has 1 amide bonds. The SMILES string of the molecule is Cc1cc(Cl)ccc1OCC(=O)NN=Cc1cc([N+](=O)[O-])ccc1Cl. The highest BCUT2D eigenvalue weighted by atomic mass is 35.5. The van der Waals surface area contributed by atoms with Gasteiger partial charge in [0.05, 0.1) is 11.1 Å². The van der Waals surface area contributed by atoms with Crippen LogP contribution in [-0.2, 0) is 4.79 Å². The number of nitro benzene ring substituents is 1. The van der Waals surface area contributed by atoms with E-state index in [1.807, 2.05) is 6.92 Å². The molecule has 0 atom stereocenters. The van der Waals surface area contributed by atoms with E-state index in [4.69, 9.17) is 27.9 Å². The minimum Gasteiger partial charge on any atom is -0.483 e. The maximum Gasteiger partial charge on any atom is 0.277 e. The van der Waals surface area contributed by atoms with Gasteiger partial charge >= 0.3 is 0 Å². The van der Waals surface area contributed by atoms with E-state index in [9.17, 15) is 14.9 Å². The number of carbonyl (C=O) groups is 1. The highest BCUT2D eigenvalue weighted by Crippen LogP contribution is 2.22. The Morgan fingerprint density at radius 2 is 2.08 bits per heavy atom. The first kappa shape index (κ1) is 18.7. The third kappa shape index (κ3) is 5.44. The van der Waals surface area contributed by atoms with E-state index >= 15 is 0 Å². The van der Waals surface area contributed by atoms with Crippen LogP contribution in [0.15, 0.2) is 41.5 Å². The van der Waals surface area contributed by atoms with Gasteiger partial charge in [-0.15, -0.1) is 0 Å². The Balaban J connectivity index is 1.92. The highest BCUT2D eigenvalue weighted by Gasteiger charge is 2.09. The van der Waals surface area contributed by atoms with Gasteiger partial charge in [-0.3, -0.25) is 14.9 Å². The Bertz CT molecular complexity index is 840. The third-order valence-corrected chi connectivity index (χ3v) is 3.66. The molecular formula is C16H13Cl2N3O4. The first-order chi connectivity index (χ1) is 11.9. The van der Waals surface area contributed by atoms with E-state index in [0.717, 1.165) is 5.56 Å². The summed E-state index contributed by atoms with van der Waals surface area (Å²) in [4.78, 5) is 21.9. The zero-order valence-corrected chi connectivity index (χ0v) is 14.5. The molecule has 0 aliphatic heterocycles. The molecule has 0 fully saturated rings. The van der Waals surface area contributed by atoms with Crippen LogP contribution in [0.1, 0.15) is 11.1 Å². The van der Waals surface area contributed by atoms with Gasteiger partial charge in [0.25, 0.3) is 11.6 Å². The minimum absolute atomic E-state index is 0.126. The molecule has 0 aliphatic rings. The zero-order valence-electron chi connectivity index (χ0n) is 13.0. The number of hydrazone groups is 1. The molecule has 0 bridgehead atoms. The van der Waals surface area contributed by atoms with Crippen molar-refractivity contribution in [1.82, 2.24) is 5.43 Å². The highest BCUT2D eigenvalue weighted by molar-refractivity contribution is 6.33. The molecule has 0 spiro atoms. The van der Waals surface area contributed by atoms with Crippen molar-refractivity contribution in [1.29, 1.82) is 0 Å². The van der Waals surface area contributed by atoms with Crippen LogP contribution in [0.5, 0.6) is 5.75 Å². The van der Waals surface area contributed by atoms with Crippen LogP contribution in [-0.4, -0.2) is 23.7 Å². The van der Waals surface area contributed by atoms with Crippen LogP contribution in [0.3, 0.4) is 0 Å². The number of rotatable bonds is 6. The summed E-state index contributed by atoms with van der Waals surface area (Å²) in [6.07, 6.45) is 1.22. The third-order valence-electron chi connectivity index (χ3n) is 3.08. The molecule has 0 radical (unpaired) electrons. The summed E-state index contributed by atoms with van der Waals surface area (Å²) in [6.45, 7) is 1.56.